The molecule has 1 aliphatic carbocycles. The van der Waals surface area contributed by atoms with Crippen molar-refractivity contribution in [2.24, 2.45) is 11.8 Å². The highest BCUT2D eigenvalue weighted by molar-refractivity contribution is 5.85. The minimum Gasteiger partial charge on any atom is -0.480 e. The summed E-state index contributed by atoms with van der Waals surface area (Å²) < 4.78 is 0. The first-order valence-corrected chi connectivity index (χ1v) is 9.45. The molecule has 2 aliphatic rings. The van der Waals surface area contributed by atoms with Gasteiger partial charge in [0.1, 0.15) is 6.04 Å². The summed E-state index contributed by atoms with van der Waals surface area (Å²) in [5, 5.41) is 15.0. The van der Waals surface area contributed by atoms with Crippen LogP contribution in [0.5, 0.6) is 0 Å². The number of carbonyl (C=O) groups is 3. The fraction of sp³-hybridized carbons (Fsp3) is 0.833. The summed E-state index contributed by atoms with van der Waals surface area (Å²) in [7, 11) is 0. The van der Waals surface area contributed by atoms with E-state index in [9.17, 15) is 19.5 Å². The molecule has 1 heterocycles. The molecule has 0 aromatic rings. The van der Waals surface area contributed by atoms with Crippen LogP contribution in [-0.4, -0.2) is 53.1 Å². The second-order valence-electron chi connectivity index (χ2n) is 7.74. The molecule has 2 atom stereocenters. The number of rotatable bonds is 6. The van der Waals surface area contributed by atoms with Crippen molar-refractivity contribution in [2.75, 3.05) is 13.1 Å². The van der Waals surface area contributed by atoms with E-state index >= 15 is 0 Å². The minimum atomic E-state index is -1.01. The first-order valence-electron chi connectivity index (χ1n) is 9.45. The van der Waals surface area contributed by atoms with Gasteiger partial charge in [0.05, 0.1) is 5.92 Å². The van der Waals surface area contributed by atoms with Gasteiger partial charge in [0.2, 0.25) is 5.91 Å². The topological polar surface area (TPSA) is 98.7 Å². The zero-order valence-electron chi connectivity index (χ0n) is 15.3. The predicted molar refractivity (Wildman–Crippen MR) is 94.1 cm³/mol. The van der Waals surface area contributed by atoms with Gasteiger partial charge in [-0.05, 0) is 38.0 Å². The van der Waals surface area contributed by atoms with Gasteiger partial charge < -0.3 is 20.6 Å². The summed E-state index contributed by atoms with van der Waals surface area (Å²) in [4.78, 5) is 37.9. The number of carboxylic acids is 1. The van der Waals surface area contributed by atoms with Crippen LogP contribution in [0.25, 0.3) is 0 Å². The number of carbonyl (C=O) groups excluding carboxylic acids is 2. The summed E-state index contributed by atoms with van der Waals surface area (Å²) in [6.45, 7) is 4.87. The number of nitrogens with one attached hydrogen (secondary N) is 2. The minimum absolute atomic E-state index is 0.0960. The van der Waals surface area contributed by atoms with Crippen LogP contribution in [0, 0.1) is 11.8 Å². The third kappa shape index (κ3) is 5.90. The molecule has 3 N–H and O–H groups in total. The van der Waals surface area contributed by atoms with E-state index in [1.165, 1.54) is 0 Å². The number of nitrogens with zero attached hydrogens (tertiary/aromatic N) is 1. The molecule has 142 valence electrons. The number of carboxylic acid groups (broad SMARTS) is 1. The molecule has 2 fully saturated rings. The number of hydrogen-bond acceptors (Lipinski definition) is 3. The van der Waals surface area contributed by atoms with E-state index in [0.717, 1.165) is 32.1 Å². The van der Waals surface area contributed by atoms with Crippen LogP contribution < -0.4 is 10.6 Å². The quantitative estimate of drug-likeness (QED) is 0.680. The lowest BCUT2D eigenvalue weighted by molar-refractivity contribution is -0.143. The van der Waals surface area contributed by atoms with Gasteiger partial charge in [-0.25, -0.2) is 9.59 Å². The number of amides is 3. The van der Waals surface area contributed by atoms with E-state index in [1.54, 1.807) is 4.90 Å². The largest absolute Gasteiger partial charge is 0.480 e. The highest BCUT2D eigenvalue weighted by Gasteiger charge is 2.32. The van der Waals surface area contributed by atoms with Crippen molar-refractivity contribution in [3.8, 4) is 0 Å². The van der Waals surface area contributed by atoms with E-state index in [0.29, 0.717) is 25.9 Å². The Morgan fingerprint density at radius 3 is 2.40 bits per heavy atom. The van der Waals surface area contributed by atoms with Crippen molar-refractivity contribution >= 4 is 17.9 Å². The molecule has 0 bridgehead atoms. The highest BCUT2D eigenvalue weighted by atomic mass is 16.4. The van der Waals surface area contributed by atoms with Gasteiger partial charge in [-0.15, -0.1) is 0 Å². The Hall–Kier alpha value is -1.79. The van der Waals surface area contributed by atoms with E-state index in [1.807, 2.05) is 13.8 Å². The van der Waals surface area contributed by atoms with Crippen molar-refractivity contribution in [2.45, 2.75) is 70.9 Å². The summed E-state index contributed by atoms with van der Waals surface area (Å²) in [5.41, 5.74) is 0. The van der Waals surface area contributed by atoms with Crippen LogP contribution in [0.1, 0.15) is 58.8 Å². The summed E-state index contributed by atoms with van der Waals surface area (Å²) in [6, 6.07) is -0.708. The molecular weight excluding hydrogens is 322 g/mol. The number of aliphatic carboxylic acids is 1. The SMILES string of the molecule is CC(C)C[C@H](NC(=O)C1CCCN(C(=O)NC2CCCC2)C1)C(=O)O. The van der Waals surface area contributed by atoms with Crippen molar-refractivity contribution in [1.29, 1.82) is 0 Å². The van der Waals surface area contributed by atoms with E-state index < -0.39 is 12.0 Å². The van der Waals surface area contributed by atoms with Crippen LogP contribution in [-0.2, 0) is 9.59 Å². The van der Waals surface area contributed by atoms with Crippen LogP contribution in [0.4, 0.5) is 4.79 Å². The maximum atomic E-state index is 12.5. The number of hydrogen-bond donors (Lipinski definition) is 3. The monoisotopic (exact) mass is 353 g/mol. The standard InChI is InChI=1S/C18H31N3O4/c1-12(2)10-15(17(23)24)20-16(22)13-6-5-9-21(11-13)18(25)19-14-7-3-4-8-14/h12-15H,3-11H2,1-2H3,(H,19,25)(H,20,22)(H,23,24)/t13?,15-/m0/s1. The van der Waals surface area contributed by atoms with Crippen LogP contribution in [0.3, 0.4) is 0 Å². The lowest BCUT2D eigenvalue weighted by Crippen LogP contribution is -2.52. The van der Waals surface area contributed by atoms with Gasteiger partial charge in [-0.3, -0.25) is 4.79 Å². The fourth-order valence-corrected chi connectivity index (χ4v) is 3.69. The van der Waals surface area contributed by atoms with Gasteiger partial charge in [-0.2, -0.15) is 0 Å². The molecule has 0 radical (unpaired) electrons. The number of likely N-dealkylation sites (tertiary alicyclic amines) is 1. The third-order valence-electron chi connectivity index (χ3n) is 5.08. The Balaban J connectivity index is 1.87. The molecule has 7 heteroatoms. The third-order valence-corrected chi connectivity index (χ3v) is 5.08. The van der Waals surface area contributed by atoms with Crippen molar-refractivity contribution < 1.29 is 19.5 Å². The molecule has 1 aliphatic heterocycles. The van der Waals surface area contributed by atoms with Crippen LogP contribution in [0.15, 0.2) is 0 Å². The maximum Gasteiger partial charge on any atom is 0.326 e. The van der Waals surface area contributed by atoms with Gasteiger partial charge in [0.15, 0.2) is 0 Å². The van der Waals surface area contributed by atoms with E-state index in [-0.39, 0.29) is 29.8 Å². The molecule has 7 nitrogen and oxygen atoms in total. The first-order chi connectivity index (χ1) is 11.9. The molecule has 1 unspecified atom stereocenters. The lowest BCUT2D eigenvalue weighted by atomic mass is 9.96. The zero-order valence-corrected chi connectivity index (χ0v) is 15.3. The molecule has 2 rings (SSSR count). The fourth-order valence-electron chi connectivity index (χ4n) is 3.69. The zero-order chi connectivity index (χ0) is 18.4. The molecule has 1 saturated heterocycles. The first kappa shape index (κ1) is 19.5. The van der Waals surface area contributed by atoms with Gasteiger partial charge in [-0.1, -0.05) is 26.7 Å². The van der Waals surface area contributed by atoms with Crippen LogP contribution >= 0.6 is 0 Å². The normalized spacial score (nSPS) is 22.7. The van der Waals surface area contributed by atoms with E-state index in [2.05, 4.69) is 10.6 Å². The van der Waals surface area contributed by atoms with Gasteiger partial charge >= 0.3 is 12.0 Å². The molecule has 25 heavy (non-hydrogen) atoms. The Kier molecular flexibility index (Phi) is 7.08. The Morgan fingerprint density at radius 1 is 1.12 bits per heavy atom. The molecule has 0 spiro atoms. The predicted octanol–water partition coefficient (Wildman–Crippen LogP) is 1.97. The lowest BCUT2D eigenvalue weighted by Gasteiger charge is -2.33. The Bertz CT molecular complexity index is 489. The smallest absolute Gasteiger partial charge is 0.326 e. The van der Waals surface area contributed by atoms with Crippen LogP contribution in [0.2, 0.25) is 0 Å². The second kappa shape index (κ2) is 9.06. The summed E-state index contributed by atoms with van der Waals surface area (Å²) >= 11 is 0. The van der Waals surface area contributed by atoms with E-state index in [4.69, 9.17) is 0 Å². The van der Waals surface area contributed by atoms with Crippen molar-refractivity contribution in [3.05, 3.63) is 0 Å². The molecular formula is C18H31N3O4. The highest BCUT2D eigenvalue weighted by Crippen LogP contribution is 2.20. The maximum absolute atomic E-state index is 12.5. The molecule has 3 amide bonds. The Morgan fingerprint density at radius 2 is 1.80 bits per heavy atom. The van der Waals surface area contributed by atoms with Gasteiger partial charge in [0.25, 0.3) is 0 Å². The molecule has 1 saturated carbocycles. The average molecular weight is 353 g/mol. The molecule has 0 aromatic carbocycles. The number of urea groups is 1. The average Bonchev–Trinajstić information content (AvgIpc) is 3.06. The molecule has 0 aromatic heterocycles. The summed E-state index contributed by atoms with van der Waals surface area (Å²) in [6.07, 6.45) is 6.22. The Labute approximate surface area is 149 Å². The summed E-state index contributed by atoms with van der Waals surface area (Å²) in [5.74, 6) is -1.42. The van der Waals surface area contributed by atoms with Gasteiger partial charge in [0, 0.05) is 19.1 Å². The van der Waals surface area contributed by atoms with Crippen molar-refractivity contribution in [3.63, 3.8) is 0 Å². The van der Waals surface area contributed by atoms with Crippen molar-refractivity contribution in [1.82, 2.24) is 15.5 Å². The second-order valence-corrected chi connectivity index (χ2v) is 7.74. The number of piperidine rings is 1.